The summed E-state index contributed by atoms with van der Waals surface area (Å²) in [7, 11) is 0. The first-order valence-electron chi connectivity index (χ1n) is 7.65. The van der Waals surface area contributed by atoms with Crippen molar-refractivity contribution in [3.05, 3.63) is 0 Å². The molecule has 5 heteroatoms. The fraction of sp³-hybridized carbons (Fsp3) is 0.875. The van der Waals surface area contributed by atoms with E-state index in [4.69, 9.17) is 4.74 Å². The van der Waals surface area contributed by atoms with E-state index in [0.29, 0.717) is 5.92 Å². The van der Waals surface area contributed by atoms with Crippen molar-refractivity contribution in [1.29, 1.82) is 0 Å². The smallest absolute Gasteiger partial charge is 0.408 e. The summed E-state index contributed by atoms with van der Waals surface area (Å²) in [6.45, 7) is 11.6. The number of carbonyl (C=O) groups is 2. The standard InChI is InChI=1S/C16H29NO4/c1-10-7-8-11(16(5,6)9-10)12(13(18)19)17-14(20)21-15(2,3)4/h10-12H,7-9H2,1-6H3,(H,17,20)(H,18,19)/t10?,11?,12-/m0/s1. The first-order valence-corrected chi connectivity index (χ1v) is 7.65. The minimum absolute atomic E-state index is 0.0845. The zero-order valence-corrected chi connectivity index (χ0v) is 14.0. The van der Waals surface area contributed by atoms with E-state index in [1.807, 2.05) is 0 Å². The average Bonchev–Trinajstić information content (AvgIpc) is 2.22. The lowest BCUT2D eigenvalue weighted by Gasteiger charge is -2.44. The van der Waals surface area contributed by atoms with Gasteiger partial charge in [0.25, 0.3) is 0 Å². The SMILES string of the molecule is CC1CCC([C@H](NC(=O)OC(C)(C)C)C(=O)O)C(C)(C)C1. The number of carbonyl (C=O) groups excluding carboxylic acids is 1. The maximum atomic E-state index is 11.9. The minimum Gasteiger partial charge on any atom is -0.480 e. The Kier molecular flexibility index (Phi) is 5.29. The molecule has 0 spiro atoms. The number of amides is 1. The topological polar surface area (TPSA) is 75.6 Å². The van der Waals surface area contributed by atoms with E-state index in [9.17, 15) is 14.7 Å². The highest BCUT2D eigenvalue weighted by Crippen LogP contribution is 2.44. The Morgan fingerprint density at radius 3 is 2.29 bits per heavy atom. The highest BCUT2D eigenvalue weighted by molar-refractivity contribution is 5.80. The number of aliphatic carboxylic acids is 1. The lowest BCUT2D eigenvalue weighted by molar-refractivity contribution is -0.143. The summed E-state index contributed by atoms with van der Waals surface area (Å²) in [6, 6.07) is -0.901. The van der Waals surface area contributed by atoms with Gasteiger partial charge in [0.15, 0.2) is 0 Å². The van der Waals surface area contributed by atoms with E-state index in [-0.39, 0.29) is 11.3 Å². The summed E-state index contributed by atoms with van der Waals surface area (Å²) >= 11 is 0. The molecule has 0 saturated heterocycles. The molecule has 5 nitrogen and oxygen atoms in total. The molecule has 0 heterocycles. The van der Waals surface area contributed by atoms with Gasteiger partial charge in [0.1, 0.15) is 11.6 Å². The number of rotatable bonds is 3. The number of alkyl carbamates (subject to hydrolysis) is 1. The van der Waals surface area contributed by atoms with Crippen molar-refractivity contribution in [2.45, 2.75) is 72.4 Å². The number of ether oxygens (including phenoxy) is 1. The van der Waals surface area contributed by atoms with Crippen LogP contribution in [0, 0.1) is 17.3 Å². The average molecular weight is 299 g/mol. The molecule has 0 aromatic carbocycles. The molecule has 21 heavy (non-hydrogen) atoms. The predicted molar refractivity (Wildman–Crippen MR) is 81.1 cm³/mol. The van der Waals surface area contributed by atoms with E-state index >= 15 is 0 Å². The summed E-state index contributed by atoms with van der Waals surface area (Å²) in [4.78, 5) is 23.5. The Hall–Kier alpha value is -1.26. The Balaban J connectivity index is 2.82. The first-order chi connectivity index (χ1) is 9.42. The normalized spacial score (nSPS) is 26.8. The fourth-order valence-corrected chi connectivity index (χ4v) is 3.39. The van der Waals surface area contributed by atoms with E-state index in [2.05, 4.69) is 26.1 Å². The van der Waals surface area contributed by atoms with Crippen LogP contribution in [0.15, 0.2) is 0 Å². The first kappa shape index (κ1) is 17.8. The van der Waals surface area contributed by atoms with Crippen molar-refractivity contribution in [2.75, 3.05) is 0 Å². The van der Waals surface area contributed by atoms with Crippen LogP contribution < -0.4 is 5.32 Å². The molecule has 3 atom stereocenters. The van der Waals surface area contributed by atoms with Crippen LogP contribution in [0.4, 0.5) is 4.79 Å². The molecule has 0 radical (unpaired) electrons. The number of nitrogens with one attached hydrogen (secondary N) is 1. The summed E-state index contributed by atoms with van der Waals surface area (Å²) in [6.07, 6.45) is 2.11. The maximum absolute atomic E-state index is 11.9. The van der Waals surface area contributed by atoms with Crippen LogP contribution in [0.5, 0.6) is 0 Å². The molecule has 1 fully saturated rings. The van der Waals surface area contributed by atoms with Crippen molar-refractivity contribution >= 4 is 12.1 Å². The second-order valence-electron chi connectivity index (χ2n) is 7.94. The molecule has 1 saturated carbocycles. The number of hydrogen-bond acceptors (Lipinski definition) is 3. The lowest BCUT2D eigenvalue weighted by atomic mass is 9.63. The van der Waals surface area contributed by atoms with Gasteiger partial charge in [-0.15, -0.1) is 0 Å². The van der Waals surface area contributed by atoms with Crippen molar-refractivity contribution in [2.24, 2.45) is 17.3 Å². The lowest BCUT2D eigenvalue weighted by Crippen LogP contribution is -2.53. The third-order valence-corrected chi connectivity index (χ3v) is 4.19. The predicted octanol–water partition coefficient (Wildman–Crippen LogP) is 3.43. The van der Waals surface area contributed by atoms with Crippen LogP contribution in [0.1, 0.15) is 60.8 Å². The number of carboxylic acids is 1. The highest BCUT2D eigenvalue weighted by Gasteiger charge is 2.43. The van der Waals surface area contributed by atoms with Crippen LogP contribution >= 0.6 is 0 Å². The Morgan fingerprint density at radius 2 is 1.86 bits per heavy atom. The summed E-state index contributed by atoms with van der Waals surface area (Å²) < 4.78 is 5.19. The van der Waals surface area contributed by atoms with Gasteiger partial charge in [-0.05, 0) is 50.9 Å². The third-order valence-electron chi connectivity index (χ3n) is 4.19. The number of hydrogen-bond donors (Lipinski definition) is 2. The molecular formula is C16H29NO4. The second kappa shape index (κ2) is 6.24. The fourth-order valence-electron chi connectivity index (χ4n) is 3.39. The van der Waals surface area contributed by atoms with E-state index in [1.165, 1.54) is 0 Å². The van der Waals surface area contributed by atoms with Gasteiger partial charge in [0.05, 0.1) is 0 Å². The number of carboxylic acid groups (broad SMARTS) is 1. The molecule has 122 valence electrons. The van der Waals surface area contributed by atoms with Gasteiger partial charge in [-0.3, -0.25) is 0 Å². The summed E-state index contributed by atoms with van der Waals surface area (Å²) in [5.41, 5.74) is -0.751. The monoisotopic (exact) mass is 299 g/mol. The molecule has 0 aliphatic heterocycles. The Labute approximate surface area is 127 Å². The van der Waals surface area contributed by atoms with E-state index < -0.39 is 23.7 Å². The van der Waals surface area contributed by atoms with Gasteiger partial charge >= 0.3 is 12.1 Å². The third kappa shape index (κ3) is 5.21. The van der Waals surface area contributed by atoms with E-state index in [0.717, 1.165) is 19.3 Å². The van der Waals surface area contributed by atoms with Gasteiger partial charge in [0, 0.05) is 0 Å². The van der Waals surface area contributed by atoms with Crippen molar-refractivity contribution in [3.63, 3.8) is 0 Å². The van der Waals surface area contributed by atoms with Crippen molar-refractivity contribution < 1.29 is 19.4 Å². The van der Waals surface area contributed by atoms with Gasteiger partial charge < -0.3 is 15.2 Å². The van der Waals surface area contributed by atoms with Crippen molar-refractivity contribution in [3.8, 4) is 0 Å². The van der Waals surface area contributed by atoms with Gasteiger partial charge in [-0.1, -0.05) is 27.2 Å². The summed E-state index contributed by atoms with van der Waals surface area (Å²) in [5, 5.41) is 12.1. The van der Waals surface area contributed by atoms with Crippen LogP contribution in [0.25, 0.3) is 0 Å². The maximum Gasteiger partial charge on any atom is 0.408 e. The van der Waals surface area contributed by atoms with Crippen LogP contribution in [0.2, 0.25) is 0 Å². The highest BCUT2D eigenvalue weighted by atomic mass is 16.6. The second-order valence-corrected chi connectivity index (χ2v) is 7.94. The van der Waals surface area contributed by atoms with E-state index in [1.54, 1.807) is 20.8 Å². The molecule has 1 rings (SSSR count). The van der Waals surface area contributed by atoms with Gasteiger partial charge in [-0.25, -0.2) is 9.59 Å². The quantitative estimate of drug-likeness (QED) is 0.837. The van der Waals surface area contributed by atoms with Crippen LogP contribution in [0.3, 0.4) is 0 Å². The molecule has 0 aromatic rings. The van der Waals surface area contributed by atoms with Crippen molar-refractivity contribution in [1.82, 2.24) is 5.32 Å². The zero-order valence-electron chi connectivity index (χ0n) is 14.0. The zero-order chi connectivity index (χ0) is 16.4. The van der Waals surface area contributed by atoms with Crippen LogP contribution in [-0.2, 0) is 9.53 Å². The molecule has 1 aliphatic carbocycles. The molecule has 0 bridgehead atoms. The van der Waals surface area contributed by atoms with Crippen LogP contribution in [-0.4, -0.2) is 28.8 Å². The molecule has 2 N–H and O–H groups in total. The molecular weight excluding hydrogens is 270 g/mol. The van der Waals surface area contributed by atoms with Gasteiger partial charge in [-0.2, -0.15) is 0 Å². The minimum atomic E-state index is -0.992. The largest absolute Gasteiger partial charge is 0.480 e. The summed E-state index contributed by atoms with van der Waals surface area (Å²) in [5.74, 6) is -0.487. The molecule has 2 unspecified atom stereocenters. The molecule has 0 aromatic heterocycles. The Bertz CT molecular complexity index is 398. The molecule has 1 aliphatic rings. The Morgan fingerprint density at radius 1 is 1.29 bits per heavy atom. The van der Waals surface area contributed by atoms with Gasteiger partial charge in [0.2, 0.25) is 0 Å². The molecule has 1 amide bonds.